The number of aliphatic hydroxyl groups is 1. The summed E-state index contributed by atoms with van der Waals surface area (Å²) in [5.41, 5.74) is 3.39. The average Bonchev–Trinajstić information content (AvgIpc) is 3.43. The Morgan fingerprint density at radius 3 is 2.49 bits per heavy atom. The summed E-state index contributed by atoms with van der Waals surface area (Å²) >= 11 is 0. The highest BCUT2D eigenvalue weighted by Crippen LogP contribution is 2.38. The Labute approximate surface area is 203 Å². The van der Waals surface area contributed by atoms with Crippen molar-refractivity contribution in [2.75, 3.05) is 0 Å². The lowest BCUT2D eigenvalue weighted by atomic mass is 9.82. The molecule has 6 rings (SSSR count). The van der Waals surface area contributed by atoms with Crippen molar-refractivity contribution in [3.05, 3.63) is 72.8 Å². The third-order valence-electron chi connectivity index (χ3n) is 7.14. The fourth-order valence-corrected chi connectivity index (χ4v) is 4.35. The molecule has 0 aliphatic carbocycles. The Hall–Kier alpha value is -3.61. The number of furan rings is 1. The molecule has 174 valence electrons. The maximum atomic E-state index is 10.4. The van der Waals surface area contributed by atoms with E-state index in [0.717, 1.165) is 54.8 Å². The standard InChI is InChI=1S/C29H26BNO4/c1-28(2,32)29(3,4)35-30-18-13-14-20-24(16-18)33-23-11-7-10-21(25(20)23)27-31-22-15-12-17-8-5-6-9-19(17)26(22)34-27/h5-16,30,32H,1-4H3. The summed E-state index contributed by atoms with van der Waals surface area (Å²) in [6.45, 7) is 7.29. The van der Waals surface area contributed by atoms with Crippen LogP contribution in [0.25, 0.3) is 55.3 Å². The maximum Gasteiger partial charge on any atom is 0.309 e. The molecule has 0 spiro atoms. The van der Waals surface area contributed by atoms with Crippen LogP contribution < -0.4 is 5.46 Å². The van der Waals surface area contributed by atoms with Gasteiger partial charge in [-0.25, -0.2) is 4.98 Å². The number of fused-ring (bicyclic) bond motifs is 6. The predicted octanol–water partition coefficient (Wildman–Crippen LogP) is 6.09. The smallest absolute Gasteiger partial charge is 0.309 e. The molecule has 5 nitrogen and oxygen atoms in total. The quantitative estimate of drug-likeness (QED) is 0.314. The van der Waals surface area contributed by atoms with Crippen molar-refractivity contribution >= 4 is 56.8 Å². The van der Waals surface area contributed by atoms with E-state index in [1.54, 1.807) is 13.8 Å². The first kappa shape index (κ1) is 21.9. The van der Waals surface area contributed by atoms with E-state index in [1.165, 1.54) is 0 Å². The van der Waals surface area contributed by atoms with Crippen LogP contribution >= 0.6 is 0 Å². The van der Waals surface area contributed by atoms with Crippen LogP contribution in [0.4, 0.5) is 0 Å². The zero-order valence-corrected chi connectivity index (χ0v) is 20.3. The normalized spacial score (nSPS) is 12.8. The van der Waals surface area contributed by atoms with Crippen LogP contribution in [0.15, 0.2) is 81.6 Å². The highest BCUT2D eigenvalue weighted by atomic mass is 16.5. The van der Waals surface area contributed by atoms with E-state index < -0.39 is 11.2 Å². The van der Waals surface area contributed by atoms with Gasteiger partial charge in [-0.2, -0.15) is 0 Å². The molecule has 1 N–H and O–H groups in total. The van der Waals surface area contributed by atoms with Crippen molar-refractivity contribution in [3.8, 4) is 11.5 Å². The van der Waals surface area contributed by atoms with Gasteiger partial charge < -0.3 is 18.6 Å². The van der Waals surface area contributed by atoms with Crippen LogP contribution in [0.2, 0.25) is 0 Å². The number of aromatic nitrogens is 1. The van der Waals surface area contributed by atoms with Crippen molar-refractivity contribution in [1.82, 2.24) is 4.98 Å². The Bertz CT molecular complexity index is 1720. The second-order valence-electron chi connectivity index (χ2n) is 10.1. The molecule has 4 aromatic carbocycles. The second kappa shape index (κ2) is 7.70. The van der Waals surface area contributed by atoms with Gasteiger partial charge in [0, 0.05) is 21.7 Å². The molecule has 0 fully saturated rings. The van der Waals surface area contributed by atoms with Gasteiger partial charge in [0.25, 0.3) is 0 Å². The summed E-state index contributed by atoms with van der Waals surface area (Å²) in [4.78, 5) is 4.81. The number of rotatable bonds is 5. The summed E-state index contributed by atoms with van der Waals surface area (Å²) in [7, 11) is 0.370. The predicted molar refractivity (Wildman–Crippen MR) is 142 cm³/mol. The molecule has 0 saturated carbocycles. The summed E-state index contributed by atoms with van der Waals surface area (Å²) in [5, 5.41) is 14.5. The van der Waals surface area contributed by atoms with Gasteiger partial charge in [0.1, 0.15) is 16.7 Å². The van der Waals surface area contributed by atoms with E-state index in [4.69, 9.17) is 18.5 Å². The van der Waals surface area contributed by atoms with Crippen molar-refractivity contribution in [1.29, 1.82) is 0 Å². The lowest BCUT2D eigenvalue weighted by molar-refractivity contribution is -0.0893. The van der Waals surface area contributed by atoms with Gasteiger partial charge in [-0.05, 0) is 62.8 Å². The van der Waals surface area contributed by atoms with E-state index in [-0.39, 0.29) is 0 Å². The molecule has 0 aliphatic heterocycles. The van der Waals surface area contributed by atoms with Crippen molar-refractivity contribution in [2.45, 2.75) is 38.9 Å². The minimum atomic E-state index is -0.962. The zero-order chi connectivity index (χ0) is 24.4. The number of hydrogen-bond acceptors (Lipinski definition) is 5. The third-order valence-corrected chi connectivity index (χ3v) is 7.14. The van der Waals surface area contributed by atoms with Crippen molar-refractivity contribution < 1.29 is 18.6 Å². The molecule has 0 atom stereocenters. The van der Waals surface area contributed by atoms with Crippen LogP contribution in [-0.4, -0.2) is 28.8 Å². The van der Waals surface area contributed by atoms with E-state index in [0.29, 0.717) is 13.4 Å². The molecule has 6 aromatic rings. The SMILES string of the molecule is CC(C)(O)C(C)(C)OBc1ccc2c(c1)oc1cccc(-c3nc4ccc5ccccc5c4o3)c12. The average molecular weight is 463 g/mol. The van der Waals surface area contributed by atoms with Gasteiger partial charge in [-0.1, -0.05) is 48.5 Å². The Balaban J connectivity index is 1.44. The Morgan fingerprint density at radius 1 is 0.829 bits per heavy atom. The van der Waals surface area contributed by atoms with Gasteiger partial charge in [0.2, 0.25) is 5.89 Å². The van der Waals surface area contributed by atoms with Crippen LogP contribution in [0.1, 0.15) is 27.7 Å². The van der Waals surface area contributed by atoms with Crippen LogP contribution in [-0.2, 0) is 4.65 Å². The number of oxazole rings is 1. The van der Waals surface area contributed by atoms with Gasteiger partial charge in [-0.3, -0.25) is 0 Å². The molecule has 2 heterocycles. The summed E-state index contributed by atoms with van der Waals surface area (Å²) in [6, 6.07) is 24.3. The number of hydrogen-bond donors (Lipinski definition) is 1. The highest BCUT2D eigenvalue weighted by molar-refractivity contribution is 6.47. The topological polar surface area (TPSA) is 68.6 Å². The minimum absolute atomic E-state index is 0.370. The minimum Gasteiger partial charge on any atom is -0.456 e. The lowest BCUT2D eigenvalue weighted by Crippen LogP contribution is -2.49. The van der Waals surface area contributed by atoms with E-state index in [1.807, 2.05) is 62.4 Å². The fraction of sp³-hybridized carbons (Fsp3) is 0.207. The number of nitrogens with zero attached hydrogens (tertiary/aromatic N) is 1. The highest BCUT2D eigenvalue weighted by Gasteiger charge is 2.35. The van der Waals surface area contributed by atoms with Gasteiger partial charge in [0.15, 0.2) is 5.58 Å². The molecule has 0 amide bonds. The fourth-order valence-electron chi connectivity index (χ4n) is 4.35. The summed E-state index contributed by atoms with van der Waals surface area (Å²) < 4.78 is 18.6. The largest absolute Gasteiger partial charge is 0.456 e. The molecule has 0 saturated heterocycles. The number of benzene rings is 4. The molecular weight excluding hydrogens is 437 g/mol. The van der Waals surface area contributed by atoms with Gasteiger partial charge in [0.05, 0.1) is 11.2 Å². The third kappa shape index (κ3) is 3.61. The Kier molecular flexibility index (Phi) is 4.82. The molecule has 35 heavy (non-hydrogen) atoms. The van der Waals surface area contributed by atoms with Gasteiger partial charge >= 0.3 is 7.48 Å². The molecule has 0 aliphatic rings. The van der Waals surface area contributed by atoms with E-state index in [2.05, 4.69) is 24.3 Å². The second-order valence-corrected chi connectivity index (χ2v) is 10.1. The Morgan fingerprint density at radius 2 is 1.66 bits per heavy atom. The van der Waals surface area contributed by atoms with Crippen molar-refractivity contribution in [2.24, 2.45) is 0 Å². The lowest BCUT2D eigenvalue weighted by Gasteiger charge is -2.37. The first-order chi connectivity index (χ1) is 16.7. The zero-order valence-electron chi connectivity index (χ0n) is 20.3. The molecule has 6 heteroatoms. The first-order valence-electron chi connectivity index (χ1n) is 11.8. The van der Waals surface area contributed by atoms with Crippen LogP contribution in [0, 0.1) is 0 Å². The first-order valence-corrected chi connectivity index (χ1v) is 11.8. The van der Waals surface area contributed by atoms with Crippen LogP contribution in [0.3, 0.4) is 0 Å². The van der Waals surface area contributed by atoms with E-state index in [9.17, 15) is 5.11 Å². The van der Waals surface area contributed by atoms with Gasteiger partial charge in [-0.15, -0.1) is 0 Å². The maximum absolute atomic E-state index is 10.4. The molecule has 0 bridgehead atoms. The monoisotopic (exact) mass is 463 g/mol. The molecule has 0 radical (unpaired) electrons. The van der Waals surface area contributed by atoms with E-state index >= 15 is 0 Å². The summed E-state index contributed by atoms with van der Waals surface area (Å²) in [6.07, 6.45) is 0. The summed E-state index contributed by atoms with van der Waals surface area (Å²) in [5.74, 6) is 0.573. The van der Waals surface area contributed by atoms with Crippen LogP contribution in [0.5, 0.6) is 0 Å². The molecule has 0 unspecified atom stereocenters. The molecular formula is C29H26BNO4. The van der Waals surface area contributed by atoms with Crippen molar-refractivity contribution in [3.63, 3.8) is 0 Å². The molecule has 2 aromatic heterocycles.